The Kier molecular flexibility index (Phi) is 14.6. The van der Waals surface area contributed by atoms with E-state index >= 15 is 0 Å². The third kappa shape index (κ3) is 11.2. The van der Waals surface area contributed by atoms with Gasteiger partial charge in [-0.3, -0.25) is 0 Å². The van der Waals surface area contributed by atoms with Crippen molar-refractivity contribution in [3.8, 4) is 0 Å². The van der Waals surface area contributed by atoms with Crippen molar-refractivity contribution in [3.05, 3.63) is 154 Å². The fourth-order valence-electron chi connectivity index (χ4n) is 5.97. The first-order chi connectivity index (χ1) is 24.1. The summed E-state index contributed by atoms with van der Waals surface area (Å²) in [7, 11) is 0. The molecule has 0 spiro atoms. The Morgan fingerprint density at radius 1 is 0.633 bits per heavy atom. The number of benzene rings is 4. The van der Waals surface area contributed by atoms with Gasteiger partial charge in [-0.05, 0) is 40.6 Å². The summed E-state index contributed by atoms with van der Waals surface area (Å²) in [6.45, 7) is 1.03. The molecule has 1 fully saturated rings. The molecule has 10 heteroatoms. The number of aliphatic hydroxyl groups excluding tert-OH is 2. The number of azide groups is 1. The fraction of sp³-hybridized carbons (Fsp3) is 0.385. The zero-order chi connectivity index (χ0) is 34.1. The minimum absolute atomic E-state index is 0.223. The number of aliphatic hydroxyl groups is 2. The molecule has 1 aliphatic rings. The highest BCUT2D eigenvalue weighted by molar-refractivity contribution is 5.16. The van der Waals surface area contributed by atoms with E-state index in [2.05, 4.69) is 10.0 Å². The molecule has 0 amide bonds. The van der Waals surface area contributed by atoms with Crippen molar-refractivity contribution in [2.24, 2.45) is 5.11 Å². The van der Waals surface area contributed by atoms with Gasteiger partial charge in [-0.2, -0.15) is 0 Å². The van der Waals surface area contributed by atoms with E-state index in [9.17, 15) is 15.7 Å². The summed E-state index contributed by atoms with van der Waals surface area (Å²) >= 11 is 0. The van der Waals surface area contributed by atoms with Crippen LogP contribution in [0, 0.1) is 0 Å². The van der Waals surface area contributed by atoms with Crippen LogP contribution in [0.1, 0.15) is 35.1 Å². The van der Waals surface area contributed by atoms with E-state index in [-0.39, 0.29) is 13.0 Å². The number of nitrogens with zero attached hydrogens (tertiary/aromatic N) is 3. The minimum atomic E-state index is -1.21. The van der Waals surface area contributed by atoms with E-state index in [1.54, 1.807) is 0 Å². The topological polar surface area (TPSA) is 135 Å². The average molecular weight is 668 g/mol. The van der Waals surface area contributed by atoms with Gasteiger partial charge in [0.1, 0.15) is 24.4 Å². The van der Waals surface area contributed by atoms with E-state index < -0.39 is 49.3 Å². The molecule has 0 aromatic heterocycles. The molecular formula is C39H45N3O7. The molecule has 0 aliphatic carbocycles. The van der Waals surface area contributed by atoms with Crippen molar-refractivity contribution in [3.63, 3.8) is 0 Å². The van der Waals surface area contributed by atoms with Gasteiger partial charge in [-0.25, -0.2) is 0 Å². The first-order valence-corrected chi connectivity index (χ1v) is 16.7. The van der Waals surface area contributed by atoms with Crippen molar-refractivity contribution in [2.75, 3.05) is 13.2 Å². The van der Waals surface area contributed by atoms with Crippen LogP contribution in [-0.2, 0) is 50.1 Å². The maximum atomic E-state index is 10.4. The SMILES string of the molecule is [N-]=[N+]=N[C@@H](CC[C@H]1OC(COCc2ccccc2)[C@H](OCc2ccccc2)[C@H](OCc2ccccc2)C1OCc1ccccc1)[C@H](O)CO. The van der Waals surface area contributed by atoms with Gasteiger partial charge in [0.05, 0.1) is 57.9 Å². The van der Waals surface area contributed by atoms with E-state index in [0.717, 1.165) is 22.3 Å². The highest BCUT2D eigenvalue weighted by Gasteiger charge is 2.48. The molecule has 1 aliphatic heterocycles. The second kappa shape index (κ2) is 19.8. The van der Waals surface area contributed by atoms with Crippen LogP contribution in [0.15, 0.2) is 126 Å². The molecule has 0 radical (unpaired) electrons. The van der Waals surface area contributed by atoms with E-state index in [1.165, 1.54) is 0 Å². The summed E-state index contributed by atoms with van der Waals surface area (Å²) in [4.78, 5) is 2.91. The molecule has 49 heavy (non-hydrogen) atoms. The average Bonchev–Trinajstić information content (AvgIpc) is 3.16. The second-order valence-electron chi connectivity index (χ2n) is 12.1. The molecular weight excluding hydrogens is 622 g/mol. The molecule has 2 N–H and O–H groups in total. The van der Waals surface area contributed by atoms with E-state index in [0.29, 0.717) is 32.8 Å². The van der Waals surface area contributed by atoms with Crippen LogP contribution >= 0.6 is 0 Å². The van der Waals surface area contributed by atoms with E-state index in [4.69, 9.17) is 23.7 Å². The van der Waals surface area contributed by atoms with Crippen LogP contribution in [0.2, 0.25) is 0 Å². The molecule has 258 valence electrons. The van der Waals surface area contributed by atoms with Crippen LogP contribution in [-0.4, -0.2) is 66.1 Å². The lowest BCUT2D eigenvalue weighted by Crippen LogP contribution is -2.61. The van der Waals surface area contributed by atoms with Gasteiger partial charge in [0.25, 0.3) is 0 Å². The molecule has 1 saturated heterocycles. The molecule has 0 bridgehead atoms. The molecule has 1 heterocycles. The predicted molar refractivity (Wildman–Crippen MR) is 185 cm³/mol. The van der Waals surface area contributed by atoms with Gasteiger partial charge < -0.3 is 33.9 Å². The number of hydrogen-bond acceptors (Lipinski definition) is 8. The van der Waals surface area contributed by atoms with Gasteiger partial charge in [-0.15, -0.1) is 0 Å². The summed E-state index contributed by atoms with van der Waals surface area (Å²) in [5.74, 6) is 0. The molecule has 10 nitrogen and oxygen atoms in total. The van der Waals surface area contributed by atoms with Gasteiger partial charge in [0.15, 0.2) is 0 Å². The Morgan fingerprint density at radius 2 is 1.06 bits per heavy atom. The van der Waals surface area contributed by atoms with Gasteiger partial charge in [-0.1, -0.05) is 126 Å². The maximum Gasteiger partial charge on any atom is 0.115 e. The number of ether oxygens (including phenoxy) is 5. The van der Waals surface area contributed by atoms with Crippen LogP contribution in [0.5, 0.6) is 0 Å². The highest BCUT2D eigenvalue weighted by atomic mass is 16.6. The quantitative estimate of drug-likeness (QED) is 0.0659. The van der Waals surface area contributed by atoms with Gasteiger partial charge in [0, 0.05) is 4.91 Å². The Labute approximate surface area is 287 Å². The first-order valence-electron chi connectivity index (χ1n) is 16.7. The van der Waals surface area contributed by atoms with Crippen molar-refractivity contribution >= 4 is 0 Å². The number of hydrogen-bond donors (Lipinski definition) is 2. The molecule has 4 aromatic rings. The lowest BCUT2D eigenvalue weighted by atomic mass is 9.90. The minimum Gasteiger partial charge on any atom is -0.394 e. The third-order valence-electron chi connectivity index (χ3n) is 8.56. The third-order valence-corrected chi connectivity index (χ3v) is 8.56. The standard InChI is InChI=1S/C39H45N3O7/c40-42-41-33(34(44)23-43)21-22-35-37(46-25-30-15-7-2-8-16-30)39(48-27-32-19-11-4-12-20-32)38(47-26-31-17-9-3-10-18-31)36(49-35)28-45-24-29-13-5-1-6-14-29/h1-20,33-39,43-44H,21-28H2/t33-,34+,35+,36?,37?,38-,39+/m0/s1. The van der Waals surface area contributed by atoms with Crippen molar-refractivity contribution in [1.29, 1.82) is 0 Å². The number of rotatable bonds is 19. The van der Waals surface area contributed by atoms with E-state index in [1.807, 2.05) is 121 Å². The Balaban J connectivity index is 1.46. The molecule has 2 unspecified atom stereocenters. The van der Waals surface area contributed by atoms with Crippen molar-refractivity contribution in [2.45, 2.75) is 81.9 Å². The van der Waals surface area contributed by atoms with Gasteiger partial charge in [0.2, 0.25) is 0 Å². The van der Waals surface area contributed by atoms with Crippen LogP contribution in [0.3, 0.4) is 0 Å². The lowest BCUT2D eigenvalue weighted by molar-refractivity contribution is -0.273. The lowest BCUT2D eigenvalue weighted by Gasteiger charge is -2.46. The molecule has 0 saturated carbocycles. The maximum absolute atomic E-state index is 10.4. The molecule has 5 rings (SSSR count). The molecule has 4 aromatic carbocycles. The van der Waals surface area contributed by atoms with Crippen LogP contribution < -0.4 is 0 Å². The summed E-state index contributed by atoms with van der Waals surface area (Å²) in [5.41, 5.74) is 13.2. The van der Waals surface area contributed by atoms with Crippen LogP contribution in [0.25, 0.3) is 10.4 Å². The predicted octanol–water partition coefficient (Wildman–Crippen LogP) is 6.54. The zero-order valence-electron chi connectivity index (χ0n) is 27.5. The largest absolute Gasteiger partial charge is 0.394 e. The van der Waals surface area contributed by atoms with Crippen molar-refractivity contribution < 1.29 is 33.9 Å². The Bertz CT molecular complexity index is 1530. The molecule has 7 atom stereocenters. The van der Waals surface area contributed by atoms with Gasteiger partial charge >= 0.3 is 0 Å². The first kappa shape index (κ1) is 36.2. The normalized spacial score (nSPS) is 21.8. The summed E-state index contributed by atoms with van der Waals surface area (Å²) in [6.07, 6.45) is -3.46. The summed E-state index contributed by atoms with van der Waals surface area (Å²) in [6, 6.07) is 38.8. The summed E-state index contributed by atoms with van der Waals surface area (Å²) < 4.78 is 33.2. The Morgan fingerprint density at radius 3 is 1.51 bits per heavy atom. The van der Waals surface area contributed by atoms with Crippen molar-refractivity contribution in [1.82, 2.24) is 0 Å². The summed E-state index contributed by atoms with van der Waals surface area (Å²) in [5, 5.41) is 23.8. The van der Waals surface area contributed by atoms with Crippen LogP contribution in [0.4, 0.5) is 0 Å². The Hall–Kier alpha value is -4.09. The fourth-order valence-corrected chi connectivity index (χ4v) is 5.97. The smallest absolute Gasteiger partial charge is 0.115 e. The monoisotopic (exact) mass is 667 g/mol. The zero-order valence-corrected chi connectivity index (χ0v) is 27.5. The second-order valence-corrected chi connectivity index (χ2v) is 12.1. The highest BCUT2D eigenvalue weighted by Crippen LogP contribution is 2.33.